The predicted octanol–water partition coefficient (Wildman–Crippen LogP) is 2.87. The number of hydrogen-bond acceptors (Lipinski definition) is 7. The first-order valence-corrected chi connectivity index (χ1v) is 6.39. The van der Waals surface area contributed by atoms with Crippen molar-refractivity contribution in [2.24, 2.45) is 0 Å². The molecule has 0 unspecified atom stereocenters. The standard InChI is InChI=1S/C13H10ClN3O4/c14-11-15-12(20-7-9-3-1-5-18-9)17-13(16-11)21-8-10-4-2-6-19-10/h1-6H,7-8H2. The van der Waals surface area contributed by atoms with Crippen molar-refractivity contribution in [1.29, 1.82) is 0 Å². The molecule has 0 aliphatic heterocycles. The van der Waals surface area contributed by atoms with Crippen LogP contribution in [0, 0.1) is 0 Å². The van der Waals surface area contributed by atoms with Gasteiger partial charge in [0.1, 0.15) is 24.7 Å². The molecule has 0 saturated heterocycles. The van der Waals surface area contributed by atoms with E-state index in [2.05, 4.69) is 15.0 Å². The van der Waals surface area contributed by atoms with E-state index in [0.717, 1.165) is 0 Å². The highest BCUT2D eigenvalue weighted by Crippen LogP contribution is 2.15. The van der Waals surface area contributed by atoms with Crippen molar-refractivity contribution in [3.8, 4) is 12.0 Å². The predicted molar refractivity (Wildman–Crippen MR) is 70.9 cm³/mol. The van der Waals surface area contributed by atoms with Crippen molar-refractivity contribution >= 4 is 11.6 Å². The zero-order chi connectivity index (χ0) is 14.5. The Labute approximate surface area is 124 Å². The summed E-state index contributed by atoms with van der Waals surface area (Å²) in [5, 5.41) is -0.0195. The molecule has 8 heteroatoms. The molecule has 21 heavy (non-hydrogen) atoms. The molecule has 0 N–H and O–H groups in total. The van der Waals surface area contributed by atoms with Gasteiger partial charge in [0.05, 0.1) is 12.5 Å². The van der Waals surface area contributed by atoms with Crippen LogP contribution in [0.1, 0.15) is 11.5 Å². The number of ether oxygens (including phenoxy) is 2. The van der Waals surface area contributed by atoms with Gasteiger partial charge in [-0.3, -0.25) is 0 Å². The Morgan fingerprint density at radius 3 is 1.81 bits per heavy atom. The Kier molecular flexibility index (Phi) is 4.02. The largest absolute Gasteiger partial charge is 0.466 e. The Hall–Kier alpha value is -2.54. The van der Waals surface area contributed by atoms with Crippen molar-refractivity contribution in [3.05, 3.63) is 53.6 Å². The molecule has 0 bridgehead atoms. The van der Waals surface area contributed by atoms with Gasteiger partial charge < -0.3 is 18.3 Å². The second-order valence-corrected chi connectivity index (χ2v) is 4.24. The van der Waals surface area contributed by atoms with Crippen molar-refractivity contribution in [2.45, 2.75) is 13.2 Å². The third kappa shape index (κ3) is 3.73. The molecule has 3 rings (SSSR count). The number of rotatable bonds is 6. The van der Waals surface area contributed by atoms with Gasteiger partial charge in [0.25, 0.3) is 0 Å². The van der Waals surface area contributed by atoms with E-state index in [1.807, 2.05) is 0 Å². The van der Waals surface area contributed by atoms with Crippen LogP contribution in [-0.4, -0.2) is 15.0 Å². The van der Waals surface area contributed by atoms with Gasteiger partial charge in [-0.05, 0) is 35.9 Å². The number of hydrogen-bond donors (Lipinski definition) is 0. The third-order valence-corrected chi connectivity index (χ3v) is 2.58. The summed E-state index contributed by atoms with van der Waals surface area (Å²) in [5.41, 5.74) is 0. The van der Waals surface area contributed by atoms with E-state index in [4.69, 9.17) is 29.9 Å². The molecule has 0 amide bonds. The Bertz CT molecular complexity index is 629. The van der Waals surface area contributed by atoms with E-state index in [9.17, 15) is 0 Å². The van der Waals surface area contributed by atoms with Crippen LogP contribution in [0.5, 0.6) is 12.0 Å². The minimum atomic E-state index is -0.0195. The molecule has 0 aliphatic rings. The van der Waals surface area contributed by atoms with Gasteiger partial charge in [-0.25, -0.2) is 0 Å². The molecule has 0 fully saturated rings. The van der Waals surface area contributed by atoms with Crippen LogP contribution >= 0.6 is 11.6 Å². The highest BCUT2D eigenvalue weighted by atomic mass is 35.5. The maximum Gasteiger partial charge on any atom is 0.324 e. The van der Waals surface area contributed by atoms with E-state index in [0.29, 0.717) is 11.5 Å². The summed E-state index contributed by atoms with van der Waals surface area (Å²) in [5.74, 6) is 1.29. The first-order chi connectivity index (χ1) is 10.3. The van der Waals surface area contributed by atoms with E-state index >= 15 is 0 Å². The van der Waals surface area contributed by atoms with Gasteiger partial charge >= 0.3 is 12.0 Å². The second kappa shape index (κ2) is 6.27. The maximum absolute atomic E-state index is 5.80. The molecular weight excluding hydrogens is 298 g/mol. The Morgan fingerprint density at radius 2 is 1.38 bits per heavy atom. The van der Waals surface area contributed by atoms with E-state index in [-0.39, 0.29) is 30.5 Å². The fourth-order valence-corrected chi connectivity index (χ4v) is 1.65. The van der Waals surface area contributed by atoms with Crippen molar-refractivity contribution < 1.29 is 18.3 Å². The minimum Gasteiger partial charge on any atom is -0.466 e. The Balaban J connectivity index is 1.64. The van der Waals surface area contributed by atoms with Crippen LogP contribution in [0.2, 0.25) is 5.28 Å². The van der Waals surface area contributed by atoms with E-state index in [1.165, 1.54) is 0 Å². The summed E-state index contributed by atoms with van der Waals surface area (Å²) < 4.78 is 21.0. The zero-order valence-corrected chi connectivity index (χ0v) is 11.5. The smallest absolute Gasteiger partial charge is 0.324 e. The summed E-state index contributed by atoms with van der Waals surface area (Å²) in [6.45, 7) is 0.371. The Morgan fingerprint density at radius 1 is 0.857 bits per heavy atom. The number of aromatic nitrogens is 3. The number of nitrogens with zero attached hydrogens (tertiary/aromatic N) is 3. The lowest BCUT2D eigenvalue weighted by Crippen LogP contribution is -2.04. The molecule has 0 spiro atoms. The fourth-order valence-electron chi connectivity index (χ4n) is 1.50. The van der Waals surface area contributed by atoms with Crippen molar-refractivity contribution in [3.63, 3.8) is 0 Å². The zero-order valence-electron chi connectivity index (χ0n) is 10.7. The first kappa shape index (κ1) is 13.4. The van der Waals surface area contributed by atoms with Gasteiger partial charge in [-0.15, -0.1) is 4.98 Å². The summed E-state index contributed by atoms with van der Waals surface area (Å²) in [6, 6.07) is 7.18. The van der Waals surface area contributed by atoms with Crippen molar-refractivity contribution in [1.82, 2.24) is 15.0 Å². The SMILES string of the molecule is Clc1nc(OCc2ccco2)nc(OCc2ccco2)n1. The quantitative estimate of drug-likeness (QED) is 0.692. The van der Waals surface area contributed by atoms with Crippen LogP contribution in [-0.2, 0) is 13.2 Å². The summed E-state index contributed by atoms with van der Waals surface area (Å²) in [4.78, 5) is 11.7. The number of furan rings is 2. The van der Waals surface area contributed by atoms with Gasteiger partial charge in [0.2, 0.25) is 5.28 Å². The first-order valence-electron chi connectivity index (χ1n) is 6.01. The lowest BCUT2D eigenvalue weighted by molar-refractivity contribution is 0.224. The lowest BCUT2D eigenvalue weighted by Gasteiger charge is -2.05. The highest BCUT2D eigenvalue weighted by Gasteiger charge is 2.09. The molecule has 0 radical (unpaired) electrons. The molecule has 3 heterocycles. The number of halogens is 1. The van der Waals surface area contributed by atoms with Crippen LogP contribution in [0.25, 0.3) is 0 Å². The molecular formula is C13H10ClN3O4. The van der Waals surface area contributed by atoms with E-state index < -0.39 is 0 Å². The van der Waals surface area contributed by atoms with Crippen LogP contribution < -0.4 is 9.47 Å². The van der Waals surface area contributed by atoms with Crippen LogP contribution in [0.3, 0.4) is 0 Å². The maximum atomic E-state index is 5.80. The minimum absolute atomic E-state index is 0.0195. The summed E-state index contributed by atoms with van der Waals surface area (Å²) in [7, 11) is 0. The second-order valence-electron chi connectivity index (χ2n) is 3.91. The average molecular weight is 308 g/mol. The van der Waals surface area contributed by atoms with Gasteiger partial charge in [0.15, 0.2) is 0 Å². The van der Waals surface area contributed by atoms with Crippen LogP contribution in [0.15, 0.2) is 45.6 Å². The summed E-state index contributed by atoms with van der Waals surface area (Å²) >= 11 is 5.80. The third-order valence-electron chi connectivity index (χ3n) is 2.41. The monoisotopic (exact) mass is 307 g/mol. The lowest BCUT2D eigenvalue weighted by atomic mass is 10.5. The molecule has 0 atom stereocenters. The molecule has 0 saturated carbocycles. The average Bonchev–Trinajstić information content (AvgIpc) is 3.16. The molecule has 3 aromatic heterocycles. The van der Waals surface area contributed by atoms with Gasteiger partial charge in [-0.1, -0.05) is 0 Å². The van der Waals surface area contributed by atoms with Crippen LogP contribution in [0.4, 0.5) is 0 Å². The van der Waals surface area contributed by atoms with Crippen molar-refractivity contribution in [2.75, 3.05) is 0 Å². The fraction of sp³-hybridized carbons (Fsp3) is 0.154. The molecule has 108 valence electrons. The van der Waals surface area contributed by atoms with E-state index in [1.54, 1.807) is 36.8 Å². The highest BCUT2D eigenvalue weighted by molar-refractivity contribution is 6.28. The molecule has 7 nitrogen and oxygen atoms in total. The van der Waals surface area contributed by atoms with Gasteiger partial charge in [-0.2, -0.15) is 9.97 Å². The molecule has 0 aliphatic carbocycles. The summed E-state index contributed by atoms with van der Waals surface area (Å²) in [6.07, 6.45) is 3.11. The normalized spacial score (nSPS) is 10.5. The molecule has 0 aromatic carbocycles. The topological polar surface area (TPSA) is 83.4 Å². The molecule has 3 aromatic rings. The van der Waals surface area contributed by atoms with Gasteiger partial charge in [0, 0.05) is 0 Å².